The number of benzene rings is 1. The Balaban J connectivity index is 2.59. The summed E-state index contributed by atoms with van der Waals surface area (Å²) in [4.78, 5) is 0.404. The third kappa shape index (κ3) is 2.25. The molecule has 0 fully saturated rings. The van der Waals surface area contributed by atoms with Crippen LogP contribution in [0, 0.1) is 5.41 Å². The zero-order valence-electron chi connectivity index (χ0n) is 9.25. The smallest absolute Gasteiger partial charge is 0.181 e. The fourth-order valence-electron chi connectivity index (χ4n) is 1.89. The molecule has 16 heavy (non-hydrogen) atoms. The van der Waals surface area contributed by atoms with Gasteiger partial charge in [0.2, 0.25) is 0 Å². The normalized spacial score (nSPS) is 21.7. The monoisotopic (exact) mass is 303 g/mol. The van der Waals surface area contributed by atoms with Crippen molar-refractivity contribution in [2.24, 2.45) is 5.41 Å². The average molecular weight is 304 g/mol. The van der Waals surface area contributed by atoms with Gasteiger partial charge in [-0.3, -0.25) is 0 Å². The van der Waals surface area contributed by atoms with Crippen LogP contribution in [-0.2, 0) is 9.84 Å². The number of anilines is 1. The molecule has 0 amide bonds. The van der Waals surface area contributed by atoms with Gasteiger partial charge >= 0.3 is 0 Å². The van der Waals surface area contributed by atoms with Crippen molar-refractivity contribution in [3.63, 3.8) is 0 Å². The van der Waals surface area contributed by atoms with Crippen LogP contribution in [0.25, 0.3) is 0 Å². The SMILES string of the molecule is CC1(C)CNc2cc(Br)ccc2S(=O)(=O)C1. The van der Waals surface area contributed by atoms with Crippen molar-refractivity contribution >= 4 is 31.5 Å². The third-order valence-corrected chi connectivity index (χ3v) is 5.30. The van der Waals surface area contributed by atoms with Crippen LogP contribution in [0.15, 0.2) is 27.6 Å². The Morgan fingerprint density at radius 1 is 1.38 bits per heavy atom. The number of rotatable bonds is 0. The Morgan fingerprint density at radius 2 is 2.06 bits per heavy atom. The minimum absolute atomic E-state index is 0.182. The van der Waals surface area contributed by atoms with Crippen molar-refractivity contribution in [1.82, 2.24) is 0 Å². The topological polar surface area (TPSA) is 46.2 Å². The second-order valence-electron chi connectivity index (χ2n) is 4.92. The van der Waals surface area contributed by atoms with E-state index in [0.29, 0.717) is 17.1 Å². The summed E-state index contributed by atoms with van der Waals surface area (Å²) in [6.45, 7) is 4.58. The Morgan fingerprint density at radius 3 is 2.75 bits per heavy atom. The lowest BCUT2D eigenvalue weighted by Crippen LogP contribution is -2.28. The Hall–Kier alpha value is -0.550. The highest BCUT2D eigenvalue weighted by Gasteiger charge is 2.32. The summed E-state index contributed by atoms with van der Waals surface area (Å²) in [6.07, 6.45) is 0. The Labute approximate surface area is 104 Å². The molecule has 1 N–H and O–H groups in total. The molecule has 2 rings (SSSR count). The van der Waals surface area contributed by atoms with E-state index in [1.165, 1.54) is 0 Å². The summed E-state index contributed by atoms with van der Waals surface area (Å²) in [5, 5.41) is 3.20. The molecule has 0 saturated heterocycles. The largest absolute Gasteiger partial charge is 0.383 e. The first-order chi connectivity index (χ1) is 7.30. The van der Waals surface area contributed by atoms with Crippen LogP contribution in [0.5, 0.6) is 0 Å². The second-order valence-corrected chi connectivity index (χ2v) is 7.79. The molecule has 0 aliphatic carbocycles. The first-order valence-corrected chi connectivity index (χ1v) is 7.51. The number of halogens is 1. The minimum Gasteiger partial charge on any atom is -0.383 e. The quantitative estimate of drug-likeness (QED) is 0.801. The van der Waals surface area contributed by atoms with Gasteiger partial charge in [-0.2, -0.15) is 0 Å². The fourth-order valence-corrected chi connectivity index (χ4v) is 4.28. The first kappa shape index (κ1) is 11.9. The number of sulfone groups is 1. The van der Waals surface area contributed by atoms with Crippen LogP contribution in [0.3, 0.4) is 0 Å². The summed E-state index contributed by atoms with van der Waals surface area (Å²) < 4.78 is 25.2. The zero-order chi connectivity index (χ0) is 12.0. The average Bonchev–Trinajstić information content (AvgIpc) is 2.20. The lowest BCUT2D eigenvalue weighted by atomic mass is 9.96. The van der Waals surface area contributed by atoms with Crippen molar-refractivity contribution in [3.05, 3.63) is 22.7 Å². The van der Waals surface area contributed by atoms with E-state index in [-0.39, 0.29) is 11.2 Å². The van der Waals surface area contributed by atoms with Crippen molar-refractivity contribution in [2.75, 3.05) is 17.6 Å². The van der Waals surface area contributed by atoms with Gasteiger partial charge in [-0.1, -0.05) is 29.8 Å². The van der Waals surface area contributed by atoms with Gasteiger partial charge in [0, 0.05) is 11.0 Å². The van der Waals surface area contributed by atoms with Crippen LogP contribution in [-0.4, -0.2) is 20.7 Å². The molecule has 88 valence electrons. The van der Waals surface area contributed by atoms with Crippen molar-refractivity contribution in [3.8, 4) is 0 Å². The summed E-state index contributed by atoms with van der Waals surface area (Å²) in [5.41, 5.74) is 0.449. The van der Waals surface area contributed by atoms with Crippen LogP contribution >= 0.6 is 15.9 Å². The van der Waals surface area contributed by atoms with Gasteiger partial charge in [-0.25, -0.2) is 8.42 Å². The van der Waals surface area contributed by atoms with Gasteiger partial charge in [0.1, 0.15) is 0 Å². The molecule has 1 heterocycles. The third-order valence-electron chi connectivity index (χ3n) is 2.61. The van der Waals surface area contributed by atoms with E-state index in [1.54, 1.807) is 12.1 Å². The van der Waals surface area contributed by atoms with Crippen LogP contribution in [0.4, 0.5) is 5.69 Å². The molecule has 0 spiro atoms. The highest BCUT2D eigenvalue weighted by Crippen LogP contribution is 2.33. The molecule has 0 unspecified atom stereocenters. The predicted molar refractivity (Wildman–Crippen MR) is 68.5 cm³/mol. The standard InChI is InChI=1S/C11H14BrNO2S/c1-11(2)6-13-9-5-8(12)3-4-10(9)16(14,15)7-11/h3-5,13H,6-7H2,1-2H3. The van der Waals surface area contributed by atoms with Gasteiger partial charge in [0.25, 0.3) is 0 Å². The van der Waals surface area contributed by atoms with E-state index < -0.39 is 9.84 Å². The molecule has 1 aliphatic heterocycles. The van der Waals surface area contributed by atoms with Crippen molar-refractivity contribution in [2.45, 2.75) is 18.7 Å². The predicted octanol–water partition coefficient (Wildman–Crippen LogP) is 2.67. The highest BCUT2D eigenvalue weighted by atomic mass is 79.9. The Bertz CT molecular complexity index is 523. The summed E-state index contributed by atoms with van der Waals surface area (Å²) >= 11 is 3.35. The molecule has 1 aromatic carbocycles. The highest BCUT2D eigenvalue weighted by molar-refractivity contribution is 9.10. The molecule has 0 saturated carbocycles. The van der Waals surface area contributed by atoms with E-state index in [9.17, 15) is 8.42 Å². The molecule has 1 aliphatic rings. The van der Waals surface area contributed by atoms with Gasteiger partial charge in [-0.15, -0.1) is 0 Å². The van der Waals surface area contributed by atoms with Crippen molar-refractivity contribution < 1.29 is 8.42 Å². The van der Waals surface area contributed by atoms with E-state index in [0.717, 1.165) is 4.47 Å². The van der Waals surface area contributed by atoms with E-state index in [2.05, 4.69) is 21.2 Å². The molecular formula is C11H14BrNO2S. The molecule has 0 bridgehead atoms. The maximum Gasteiger partial charge on any atom is 0.181 e. The second kappa shape index (κ2) is 3.74. The van der Waals surface area contributed by atoms with Crippen LogP contribution in [0.2, 0.25) is 0 Å². The maximum absolute atomic E-state index is 12.2. The number of fused-ring (bicyclic) bond motifs is 1. The minimum atomic E-state index is -3.19. The summed E-state index contributed by atoms with van der Waals surface area (Å²) in [5.74, 6) is 0.182. The van der Waals surface area contributed by atoms with Gasteiger partial charge < -0.3 is 5.32 Å². The van der Waals surface area contributed by atoms with E-state index in [4.69, 9.17) is 0 Å². The molecular weight excluding hydrogens is 290 g/mol. The lowest BCUT2D eigenvalue weighted by molar-refractivity contribution is 0.442. The van der Waals surface area contributed by atoms with E-state index >= 15 is 0 Å². The molecule has 0 aromatic heterocycles. The van der Waals surface area contributed by atoms with Crippen molar-refractivity contribution in [1.29, 1.82) is 0 Å². The van der Waals surface area contributed by atoms with E-state index in [1.807, 2.05) is 19.9 Å². The summed E-state index contributed by atoms with van der Waals surface area (Å²) in [6, 6.07) is 5.23. The Kier molecular flexibility index (Phi) is 2.78. The molecule has 1 aromatic rings. The van der Waals surface area contributed by atoms with Gasteiger partial charge in [-0.05, 0) is 23.6 Å². The number of hydrogen-bond donors (Lipinski definition) is 1. The van der Waals surface area contributed by atoms with Crippen LogP contribution < -0.4 is 5.32 Å². The lowest BCUT2D eigenvalue weighted by Gasteiger charge is -2.20. The molecule has 0 radical (unpaired) electrons. The molecule has 5 heteroatoms. The number of hydrogen-bond acceptors (Lipinski definition) is 3. The fraction of sp³-hybridized carbons (Fsp3) is 0.455. The molecule has 3 nitrogen and oxygen atoms in total. The molecule has 0 atom stereocenters. The summed E-state index contributed by atoms with van der Waals surface area (Å²) in [7, 11) is -3.19. The van der Waals surface area contributed by atoms with Gasteiger partial charge in [0.15, 0.2) is 9.84 Å². The van der Waals surface area contributed by atoms with Crippen LogP contribution in [0.1, 0.15) is 13.8 Å². The maximum atomic E-state index is 12.2. The number of nitrogens with one attached hydrogen (secondary N) is 1. The van der Waals surface area contributed by atoms with Gasteiger partial charge in [0.05, 0.1) is 16.3 Å². The first-order valence-electron chi connectivity index (χ1n) is 5.06. The zero-order valence-corrected chi connectivity index (χ0v) is 11.7.